The summed E-state index contributed by atoms with van der Waals surface area (Å²) in [5.74, 6) is -6.77. The smallest absolute Gasteiger partial charge is 0.255 e. The first kappa shape index (κ1) is 26.5. The Labute approximate surface area is 213 Å². The SMILES string of the molecule is COCCNCC(=O)c1ccc(O)c2c1CC1CC3C(C(=O)C(C(N)=O)=C(O)[C@H]3N(C)C)C(=O)C1=C2O. The van der Waals surface area contributed by atoms with Crippen molar-refractivity contribution in [2.45, 2.75) is 18.9 Å². The van der Waals surface area contributed by atoms with Crippen LogP contribution in [0.1, 0.15) is 27.9 Å². The van der Waals surface area contributed by atoms with E-state index in [0.29, 0.717) is 24.3 Å². The molecule has 1 fully saturated rings. The molecule has 3 aliphatic rings. The summed E-state index contributed by atoms with van der Waals surface area (Å²) in [7, 11) is 4.86. The van der Waals surface area contributed by atoms with Crippen molar-refractivity contribution in [1.82, 2.24) is 10.2 Å². The molecule has 0 saturated heterocycles. The summed E-state index contributed by atoms with van der Waals surface area (Å²) in [4.78, 5) is 53.5. The largest absolute Gasteiger partial charge is 0.510 e. The molecule has 0 heterocycles. The third kappa shape index (κ3) is 4.32. The fourth-order valence-corrected chi connectivity index (χ4v) is 6.00. The maximum absolute atomic E-state index is 13.7. The summed E-state index contributed by atoms with van der Waals surface area (Å²) in [6, 6.07) is 1.95. The fourth-order valence-electron chi connectivity index (χ4n) is 6.00. The molecule has 4 rings (SSSR count). The van der Waals surface area contributed by atoms with E-state index in [1.165, 1.54) is 12.1 Å². The van der Waals surface area contributed by atoms with Crippen LogP contribution in [0.5, 0.6) is 5.75 Å². The Kier molecular flexibility index (Phi) is 7.22. The summed E-state index contributed by atoms with van der Waals surface area (Å²) in [6.07, 6.45) is 0.383. The molecule has 0 spiro atoms. The molecule has 4 atom stereocenters. The number of aliphatic hydroxyl groups is 2. The second kappa shape index (κ2) is 10.1. The van der Waals surface area contributed by atoms with Gasteiger partial charge >= 0.3 is 0 Å². The summed E-state index contributed by atoms with van der Waals surface area (Å²) in [6.45, 7) is 0.894. The van der Waals surface area contributed by atoms with Gasteiger partial charge < -0.3 is 31.1 Å². The van der Waals surface area contributed by atoms with E-state index < -0.39 is 58.4 Å². The number of ketones is 3. The third-order valence-corrected chi connectivity index (χ3v) is 7.52. The monoisotopic (exact) mass is 513 g/mol. The van der Waals surface area contributed by atoms with Gasteiger partial charge in [0.05, 0.1) is 30.7 Å². The lowest BCUT2D eigenvalue weighted by Crippen LogP contribution is -2.55. The first-order valence-corrected chi connectivity index (χ1v) is 12.0. The summed E-state index contributed by atoms with van der Waals surface area (Å²) < 4.78 is 4.97. The van der Waals surface area contributed by atoms with Crippen LogP contribution in [-0.2, 0) is 25.5 Å². The Morgan fingerprint density at radius 2 is 1.86 bits per heavy atom. The minimum atomic E-state index is -1.32. The number of aromatic hydroxyl groups is 1. The van der Waals surface area contributed by atoms with Gasteiger partial charge in [-0.1, -0.05) is 0 Å². The molecule has 1 aromatic rings. The first-order valence-electron chi connectivity index (χ1n) is 12.0. The van der Waals surface area contributed by atoms with Gasteiger partial charge in [0.15, 0.2) is 17.3 Å². The highest BCUT2D eigenvalue weighted by atomic mass is 16.5. The van der Waals surface area contributed by atoms with Crippen LogP contribution in [0.2, 0.25) is 0 Å². The number of hydrogen-bond donors (Lipinski definition) is 5. The molecule has 6 N–H and O–H groups in total. The lowest BCUT2D eigenvalue weighted by atomic mass is 9.59. The highest BCUT2D eigenvalue weighted by molar-refractivity contribution is 6.28. The van der Waals surface area contributed by atoms with Crippen molar-refractivity contribution in [2.75, 3.05) is 40.9 Å². The fraction of sp³-hybridized carbons (Fsp3) is 0.462. The molecule has 3 aliphatic carbocycles. The number of aliphatic hydroxyl groups excluding tert-OH is 2. The summed E-state index contributed by atoms with van der Waals surface area (Å²) in [5, 5.41) is 35.6. The van der Waals surface area contributed by atoms with E-state index in [-0.39, 0.29) is 42.1 Å². The van der Waals surface area contributed by atoms with Crippen molar-refractivity contribution in [2.24, 2.45) is 23.5 Å². The maximum Gasteiger partial charge on any atom is 0.255 e. The number of allylic oxidation sites excluding steroid dienone is 1. The van der Waals surface area contributed by atoms with Crippen molar-refractivity contribution in [3.05, 3.63) is 45.7 Å². The molecule has 198 valence electrons. The van der Waals surface area contributed by atoms with Crippen LogP contribution in [0.4, 0.5) is 0 Å². The highest BCUT2D eigenvalue weighted by Gasteiger charge is 2.55. The van der Waals surface area contributed by atoms with E-state index in [1.807, 2.05) is 0 Å². The molecule has 37 heavy (non-hydrogen) atoms. The van der Waals surface area contributed by atoms with Crippen LogP contribution >= 0.6 is 0 Å². The van der Waals surface area contributed by atoms with Gasteiger partial charge in [-0.15, -0.1) is 0 Å². The normalized spacial score (nSPS) is 25.2. The van der Waals surface area contributed by atoms with E-state index >= 15 is 0 Å². The average Bonchev–Trinajstić information content (AvgIpc) is 2.81. The molecular weight excluding hydrogens is 482 g/mol. The van der Waals surface area contributed by atoms with Crippen LogP contribution in [0, 0.1) is 17.8 Å². The van der Waals surface area contributed by atoms with E-state index in [0.717, 1.165) is 0 Å². The number of nitrogens with zero attached hydrogens (tertiary/aromatic N) is 1. The van der Waals surface area contributed by atoms with Crippen LogP contribution in [0.3, 0.4) is 0 Å². The molecule has 0 radical (unpaired) electrons. The Balaban J connectivity index is 1.79. The number of fused-ring (bicyclic) bond motifs is 3. The number of benzene rings is 1. The van der Waals surface area contributed by atoms with E-state index in [9.17, 15) is 34.5 Å². The van der Waals surface area contributed by atoms with Crippen LogP contribution in [0.25, 0.3) is 5.76 Å². The second-order valence-corrected chi connectivity index (χ2v) is 9.88. The van der Waals surface area contributed by atoms with Gasteiger partial charge in [0, 0.05) is 24.8 Å². The third-order valence-electron chi connectivity index (χ3n) is 7.52. The lowest BCUT2D eigenvalue weighted by Gasteiger charge is -2.46. The molecule has 1 amide bonds. The van der Waals surface area contributed by atoms with Gasteiger partial charge in [-0.2, -0.15) is 0 Å². The van der Waals surface area contributed by atoms with Crippen LogP contribution in [-0.4, -0.2) is 90.4 Å². The van der Waals surface area contributed by atoms with Crippen LogP contribution in [0.15, 0.2) is 29.0 Å². The lowest BCUT2D eigenvalue weighted by molar-refractivity contribution is -0.136. The minimum Gasteiger partial charge on any atom is -0.510 e. The Hall–Kier alpha value is -3.54. The second-order valence-electron chi connectivity index (χ2n) is 9.88. The molecule has 3 unspecified atom stereocenters. The molecule has 0 bridgehead atoms. The summed E-state index contributed by atoms with van der Waals surface area (Å²) in [5.41, 5.74) is 5.44. The van der Waals surface area contributed by atoms with E-state index in [4.69, 9.17) is 10.5 Å². The number of hydrogen-bond acceptors (Lipinski definition) is 10. The van der Waals surface area contributed by atoms with Gasteiger partial charge in [0.1, 0.15) is 22.8 Å². The Morgan fingerprint density at radius 3 is 2.49 bits per heavy atom. The number of phenolic OH excluding ortho intramolecular Hbond substituents is 1. The number of nitrogens with two attached hydrogens (primary N) is 1. The van der Waals surface area contributed by atoms with Gasteiger partial charge in [0.25, 0.3) is 5.91 Å². The number of methoxy groups -OCH3 is 1. The number of Topliss-reactive ketones (excluding diaryl/α,β-unsaturated/α-hetero) is 3. The molecule has 0 aliphatic heterocycles. The van der Waals surface area contributed by atoms with Crippen molar-refractivity contribution >= 4 is 29.0 Å². The molecule has 1 saturated carbocycles. The number of rotatable bonds is 8. The quantitative estimate of drug-likeness (QED) is 0.140. The maximum atomic E-state index is 13.7. The molecule has 1 aromatic carbocycles. The zero-order valence-corrected chi connectivity index (χ0v) is 20.9. The zero-order chi connectivity index (χ0) is 27.2. The molecule has 11 nitrogen and oxygen atoms in total. The number of likely N-dealkylation sites (N-methyl/N-ethyl adjacent to an activating group) is 1. The number of carbonyl (C=O) groups excluding carboxylic acids is 4. The number of amides is 1. The van der Waals surface area contributed by atoms with Crippen molar-refractivity contribution in [1.29, 1.82) is 0 Å². The summed E-state index contributed by atoms with van der Waals surface area (Å²) >= 11 is 0. The number of phenols is 1. The Morgan fingerprint density at radius 1 is 1.16 bits per heavy atom. The van der Waals surface area contributed by atoms with Gasteiger partial charge in [0.2, 0.25) is 0 Å². The van der Waals surface area contributed by atoms with Crippen LogP contribution < -0.4 is 11.1 Å². The van der Waals surface area contributed by atoms with E-state index in [1.54, 1.807) is 26.1 Å². The number of carbonyl (C=O) groups is 4. The highest BCUT2D eigenvalue weighted by Crippen LogP contribution is 2.50. The molecule has 11 heteroatoms. The predicted octanol–water partition coefficient (Wildman–Crippen LogP) is 0.268. The number of nitrogens with one attached hydrogen (secondary N) is 1. The zero-order valence-electron chi connectivity index (χ0n) is 20.9. The standard InChI is InChI=1S/C26H31N3O8/c1-29(2)21-14-9-11-8-13-12(16(31)10-28-6-7-37-3)4-5-15(30)18(13)22(32)17(11)23(33)19(14)24(34)20(25(21)35)26(27)36/h4-5,11,14,19,21,28,30,32,35H,6-10H2,1-3H3,(H2,27,36)/t11?,14?,19?,21-/m0/s1. The van der Waals surface area contributed by atoms with Crippen molar-refractivity contribution in [3.8, 4) is 5.75 Å². The van der Waals surface area contributed by atoms with Crippen molar-refractivity contribution in [3.63, 3.8) is 0 Å². The van der Waals surface area contributed by atoms with Gasteiger partial charge in [-0.05, 0) is 56.5 Å². The minimum absolute atomic E-state index is 0.0119. The Bertz CT molecular complexity index is 1250. The van der Waals surface area contributed by atoms with Gasteiger partial charge in [-0.3, -0.25) is 24.1 Å². The molecule has 0 aromatic heterocycles. The molecular formula is C26H31N3O8. The van der Waals surface area contributed by atoms with E-state index in [2.05, 4.69) is 5.32 Å². The van der Waals surface area contributed by atoms with Crippen molar-refractivity contribution < 1.29 is 39.2 Å². The topological polar surface area (TPSA) is 179 Å². The van der Waals surface area contributed by atoms with Gasteiger partial charge in [-0.25, -0.2) is 0 Å². The first-order chi connectivity index (χ1) is 17.5. The number of primary amides is 1. The average molecular weight is 514 g/mol. The number of ether oxygens (including phenoxy) is 1. The predicted molar refractivity (Wildman–Crippen MR) is 132 cm³/mol.